The third-order valence-electron chi connectivity index (χ3n) is 5.49. The number of nitrogens with one attached hydrogen (secondary N) is 1. The fourth-order valence-electron chi connectivity index (χ4n) is 4.41. The van der Waals surface area contributed by atoms with Gasteiger partial charge in [0.05, 0.1) is 22.0 Å². The standard InChI is InChI=1S/C15H22BrN3/c1-14(2)9-4-5-15(3,6-9)13(14)19-12-10(16)7-18-8-11(12)17/h7-9,13H,4-6,17H2,1-3H3,(H,18,19). The van der Waals surface area contributed by atoms with Gasteiger partial charge >= 0.3 is 0 Å². The lowest BCUT2D eigenvalue weighted by Crippen LogP contribution is -2.46. The zero-order valence-corrected chi connectivity index (χ0v) is 13.4. The first-order valence-electron chi connectivity index (χ1n) is 7.00. The molecule has 2 saturated carbocycles. The summed E-state index contributed by atoms with van der Waals surface area (Å²) < 4.78 is 0.953. The van der Waals surface area contributed by atoms with Gasteiger partial charge in [0.15, 0.2) is 0 Å². The Hall–Kier alpha value is -0.770. The van der Waals surface area contributed by atoms with Crippen LogP contribution in [0.25, 0.3) is 0 Å². The zero-order valence-electron chi connectivity index (χ0n) is 11.8. The number of nitrogens with two attached hydrogens (primary N) is 1. The Morgan fingerprint density at radius 3 is 2.68 bits per heavy atom. The van der Waals surface area contributed by atoms with Gasteiger partial charge in [-0.2, -0.15) is 0 Å². The van der Waals surface area contributed by atoms with Crippen LogP contribution in [-0.2, 0) is 0 Å². The highest BCUT2D eigenvalue weighted by Crippen LogP contribution is 2.63. The number of anilines is 2. The van der Waals surface area contributed by atoms with E-state index in [0.29, 0.717) is 16.9 Å². The van der Waals surface area contributed by atoms with E-state index < -0.39 is 0 Å². The molecule has 0 radical (unpaired) electrons. The lowest BCUT2D eigenvalue weighted by molar-refractivity contribution is 0.155. The van der Waals surface area contributed by atoms with E-state index in [9.17, 15) is 0 Å². The minimum absolute atomic E-state index is 0.322. The number of nitrogen functional groups attached to an aromatic ring is 1. The number of pyridine rings is 1. The van der Waals surface area contributed by atoms with Crippen LogP contribution in [0.5, 0.6) is 0 Å². The molecular formula is C15H22BrN3. The third kappa shape index (κ3) is 1.87. The molecule has 2 bridgehead atoms. The van der Waals surface area contributed by atoms with Crippen LogP contribution in [0.15, 0.2) is 16.9 Å². The topological polar surface area (TPSA) is 50.9 Å². The van der Waals surface area contributed by atoms with Crippen molar-refractivity contribution in [3.63, 3.8) is 0 Å². The van der Waals surface area contributed by atoms with Gasteiger partial charge in [-0.25, -0.2) is 0 Å². The molecule has 0 amide bonds. The summed E-state index contributed by atoms with van der Waals surface area (Å²) in [5.74, 6) is 0.830. The number of hydrogen-bond acceptors (Lipinski definition) is 3. The first-order chi connectivity index (χ1) is 8.84. The summed E-state index contributed by atoms with van der Waals surface area (Å²) in [4.78, 5) is 4.11. The van der Waals surface area contributed by atoms with Crippen LogP contribution in [0.2, 0.25) is 0 Å². The Kier molecular flexibility index (Phi) is 2.86. The lowest BCUT2D eigenvalue weighted by Gasteiger charge is -2.44. The number of halogens is 1. The van der Waals surface area contributed by atoms with E-state index >= 15 is 0 Å². The highest BCUT2D eigenvalue weighted by Gasteiger charge is 2.59. The van der Waals surface area contributed by atoms with Gasteiger partial charge in [0.1, 0.15) is 0 Å². The molecule has 4 heteroatoms. The Morgan fingerprint density at radius 1 is 1.37 bits per heavy atom. The van der Waals surface area contributed by atoms with Gasteiger partial charge in [0, 0.05) is 12.2 Å². The Bertz CT molecular complexity index is 489. The van der Waals surface area contributed by atoms with Crippen molar-refractivity contribution in [1.29, 1.82) is 0 Å². The molecule has 19 heavy (non-hydrogen) atoms. The van der Waals surface area contributed by atoms with Crippen LogP contribution in [0.3, 0.4) is 0 Å². The first-order valence-corrected chi connectivity index (χ1v) is 7.79. The van der Waals surface area contributed by atoms with E-state index in [-0.39, 0.29) is 0 Å². The smallest absolute Gasteiger partial charge is 0.0752 e. The molecule has 2 fully saturated rings. The number of rotatable bonds is 2. The minimum atomic E-state index is 0.322. The highest BCUT2D eigenvalue weighted by atomic mass is 79.9. The lowest BCUT2D eigenvalue weighted by atomic mass is 9.68. The quantitative estimate of drug-likeness (QED) is 0.863. The number of hydrogen-bond donors (Lipinski definition) is 2. The molecule has 3 unspecified atom stereocenters. The van der Waals surface area contributed by atoms with Crippen LogP contribution in [0.4, 0.5) is 11.4 Å². The van der Waals surface area contributed by atoms with Crippen LogP contribution < -0.4 is 11.1 Å². The Balaban J connectivity index is 1.95. The molecule has 3 atom stereocenters. The van der Waals surface area contributed by atoms with E-state index in [1.807, 2.05) is 0 Å². The second kappa shape index (κ2) is 4.11. The monoisotopic (exact) mass is 323 g/mol. The molecule has 2 aliphatic carbocycles. The molecule has 0 aromatic carbocycles. The summed E-state index contributed by atoms with van der Waals surface area (Å²) >= 11 is 3.56. The van der Waals surface area contributed by atoms with E-state index in [1.54, 1.807) is 12.4 Å². The Labute approximate surface area is 123 Å². The number of fused-ring (bicyclic) bond motifs is 2. The van der Waals surface area contributed by atoms with E-state index in [1.165, 1.54) is 19.3 Å². The molecule has 2 aliphatic rings. The van der Waals surface area contributed by atoms with Gasteiger partial charge in [-0.1, -0.05) is 20.8 Å². The van der Waals surface area contributed by atoms with Crippen molar-refractivity contribution in [1.82, 2.24) is 4.98 Å². The van der Waals surface area contributed by atoms with Crippen LogP contribution in [-0.4, -0.2) is 11.0 Å². The minimum Gasteiger partial charge on any atom is -0.396 e. The van der Waals surface area contributed by atoms with Crippen molar-refractivity contribution in [2.24, 2.45) is 16.7 Å². The predicted molar refractivity (Wildman–Crippen MR) is 83.0 cm³/mol. The predicted octanol–water partition coefficient (Wildman–Crippen LogP) is 4.05. The molecule has 104 valence electrons. The molecule has 0 saturated heterocycles. The zero-order chi connectivity index (χ0) is 13.8. The molecular weight excluding hydrogens is 302 g/mol. The molecule has 1 heterocycles. The summed E-state index contributed by atoms with van der Waals surface area (Å²) in [6, 6.07) is 0.472. The maximum absolute atomic E-state index is 6.07. The fourth-order valence-corrected chi connectivity index (χ4v) is 4.87. The van der Waals surface area contributed by atoms with Crippen molar-refractivity contribution in [2.75, 3.05) is 11.1 Å². The molecule has 1 aromatic heterocycles. The van der Waals surface area contributed by atoms with Gasteiger partial charge in [0.2, 0.25) is 0 Å². The number of nitrogens with zero attached hydrogens (tertiary/aromatic N) is 1. The maximum atomic E-state index is 6.07. The van der Waals surface area contributed by atoms with Gasteiger partial charge in [0.25, 0.3) is 0 Å². The SMILES string of the molecule is CC12CCC(C1)C(C)(C)C2Nc1c(N)cncc1Br. The van der Waals surface area contributed by atoms with E-state index in [0.717, 1.165) is 21.8 Å². The summed E-state index contributed by atoms with van der Waals surface area (Å²) in [6.45, 7) is 7.21. The highest BCUT2D eigenvalue weighted by molar-refractivity contribution is 9.10. The molecule has 3 N–H and O–H groups in total. The fraction of sp³-hybridized carbons (Fsp3) is 0.667. The Morgan fingerprint density at radius 2 is 2.11 bits per heavy atom. The van der Waals surface area contributed by atoms with Crippen molar-refractivity contribution in [2.45, 2.75) is 46.1 Å². The van der Waals surface area contributed by atoms with Crippen molar-refractivity contribution in [3.05, 3.63) is 16.9 Å². The van der Waals surface area contributed by atoms with Gasteiger partial charge in [-0.05, 0) is 51.9 Å². The summed E-state index contributed by atoms with van der Waals surface area (Å²) in [5.41, 5.74) is 8.51. The van der Waals surface area contributed by atoms with Crippen LogP contribution in [0, 0.1) is 16.7 Å². The average Bonchev–Trinajstić information content (AvgIpc) is 2.78. The van der Waals surface area contributed by atoms with Crippen molar-refractivity contribution >= 4 is 27.3 Å². The molecule has 0 spiro atoms. The van der Waals surface area contributed by atoms with Gasteiger partial charge in [-0.3, -0.25) is 4.98 Å². The van der Waals surface area contributed by atoms with E-state index in [2.05, 4.69) is 47.0 Å². The molecule has 0 aliphatic heterocycles. The van der Waals surface area contributed by atoms with Crippen molar-refractivity contribution < 1.29 is 0 Å². The van der Waals surface area contributed by atoms with Gasteiger partial charge < -0.3 is 11.1 Å². The van der Waals surface area contributed by atoms with Crippen LogP contribution in [0.1, 0.15) is 40.0 Å². The first kappa shape index (κ1) is 13.2. The largest absolute Gasteiger partial charge is 0.396 e. The number of aromatic nitrogens is 1. The molecule has 3 nitrogen and oxygen atoms in total. The van der Waals surface area contributed by atoms with Crippen molar-refractivity contribution in [3.8, 4) is 0 Å². The maximum Gasteiger partial charge on any atom is 0.0752 e. The molecule has 3 rings (SSSR count). The average molecular weight is 324 g/mol. The summed E-state index contributed by atoms with van der Waals surface area (Å²) in [7, 11) is 0. The third-order valence-corrected chi connectivity index (χ3v) is 6.09. The normalized spacial score (nSPS) is 35.6. The second-order valence-corrected chi connectivity index (χ2v) is 7.93. The molecule has 1 aromatic rings. The van der Waals surface area contributed by atoms with Gasteiger partial charge in [-0.15, -0.1) is 0 Å². The van der Waals surface area contributed by atoms with Crippen LogP contribution >= 0.6 is 15.9 Å². The van der Waals surface area contributed by atoms with E-state index in [4.69, 9.17) is 5.73 Å². The second-order valence-electron chi connectivity index (χ2n) is 7.08. The summed E-state index contributed by atoms with van der Waals surface area (Å²) in [6.07, 6.45) is 7.55. The summed E-state index contributed by atoms with van der Waals surface area (Å²) in [5, 5.41) is 3.73.